The van der Waals surface area contributed by atoms with Crippen LogP contribution >= 0.6 is 15.9 Å². The van der Waals surface area contributed by atoms with Crippen LogP contribution in [0, 0.1) is 0 Å². The van der Waals surface area contributed by atoms with Crippen molar-refractivity contribution in [2.75, 3.05) is 10.6 Å². The number of anilines is 2. The fourth-order valence-electron chi connectivity index (χ4n) is 3.47. The number of aryl methyl sites for hydroxylation is 2. The summed E-state index contributed by atoms with van der Waals surface area (Å²) in [5.41, 5.74) is 4.84. The second-order valence-electron chi connectivity index (χ2n) is 6.77. The molecule has 0 saturated carbocycles. The van der Waals surface area contributed by atoms with Crippen LogP contribution in [-0.4, -0.2) is 11.8 Å². The van der Waals surface area contributed by atoms with Crippen molar-refractivity contribution in [1.29, 1.82) is 0 Å². The molecule has 4 nitrogen and oxygen atoms in total. The Bertz CT molecular complexity index is 1060. The molecule has 0 heterocycles. The van der Waals surface area contributed by atoms with E-state index in [2.05, 4.69) is 32.6 Å². The van der Waals surface area contributed by atoms with Crippen molar-refractivity contribution in [2.24, 2.45) is 0 Å². The highest BCUT2D eigenvalue weighted by Crippen LogP contribution is 2.26. The Balaban J connectivity index is 1.55. The van der Waals surface area contributed by atoms with Crippen molar-refractivity contribution in [3.05, 3.63) is 93.5 Å². The normalized spacial score (nSPS) is 12.3. The summed E-state index contributed by atoms with van der Waals surface area (Å²) in [6.45, 7) is 0. The molecule has 2 N–H and O–H groups in total. The first-order chi connectivity index (χ1) is 13.6. The minimum atomic E-state index is -0.273. The van der Waals surface area contributed by atoms with E-state index in [1.54, 1.807) is 42.5 Å². The molecule has 0 aliphatic heterocycles. The Morgan fingerprint density at radius 1 is 0.750 bits per heavy atom. The summed E-state index contributed by atoms with van der Waals surface area (Å²) in [4.78, 5) is 25.5. The van der Waals surface area contributed by atoms with Crippen LogP contribution in [0.3, 0.4) is 0 Å². The fraction of sp³-hybridized carbons (Fsp3) is 0.130. The lowest BCUT2D eigenvalue weighted by molar-refractivity contribution is 0.102. The molecule has 0 unspecified atom stereocenters. The monoisotopic (exact) mass is 434 g/mol. The zero-order chi connectivity index (χ0) is 19.5. The number of carbonyl (C=O) groups is 2. The van der Waals surface area contributed by atoms with E-state index in [1.807, 2.05) is 18.2 Å². The van der Waals surface area contributed by atoms with Crippen LogP contribution in [0.15, 0.2) is 71.2 Å². The van der Waals surface area contributed by atoms with Gasteiger partial charge in [0.05, 0.1) is 16.8 Å². The predicted molar refractivity (Wildman–Crippen MR) is 115 cm³/mol. The van der Waals surface area contributed by atoms with Gasteiger partial charge in [-0.2, -0.15) is 0 Å². The van der Waals surface area contributed by atoms with Crippen LogP contribution < -0.4 is 10.6 Å². The number of amides is 2. The van der Waals surface area contributed by atoms with Gasteiger partial charge in [0.2, 0.25) is 0 Å². The van der Waals surface area contributed by atoms with Gasteiger partial charge in [-0.15, -0.1) is 0 Å². The van der Waals surface area contributed by atoms with E-state index in [1.165, 1.54) is 11.1 Å². The molecule has 2 amide bonds. The topological polar surface area (TPSA) is 58.2 Å². The minimum absolute atomic E-state index is 0.249. The molecule has 0 aromatic heterocycles. The minimum Gasteiger partial charge on any atom is -0.322 e. The Morgan fingerprint density at radius 3 is 2.25 bits per heavy atom. The van der Waals surface area contributed by atoms with Crippen molar-refractivity contribution in [3.8, 4) is 0 Å². The Labute approximate surface area is 172 Å². The number of halogens is 1. The highest BCUT2D eigenvalue weighted by molar-refractivity contribution is 9.10. The summed E-state index contributed by atoms with van der Waals surface area (Å²) in [5, 5.41) is 5.80. The fourth-order valence-corrected chi connectivity index (χ4v) is 3.94. The summed E-state index contributed by atoms with van der Waals surface area (Å²) >= 11 is 3.39. The quantitative estimate of drug-likeness (QED) is 0.573. The number of para-hydroxylation sites is 1. The summed E-state index contributed by atoms with van der Waals surface area (Å²) in [7, 11) is 0. The molecule has 3 aromatic rings. The maximum atomic E-state index is 12.8. The molecule has 0 bridgehead atoms. The Morgan fingerprint density at radius 2 is 1.43 bits per heavy atom. The molecule has 0 saturated heterocycles. The van der Waals surface area contributed by atoms with E-state index in [0.29, 0.717) is 21.3 Å². The van der Waals surface area contributed by atoms with Gasteiger partial charge in [0.25, 0.3) is 11.8 Å². The van der Waals surface area contributed by atoms with E-state index in [-0.39, 0.29) is 11.8 Å². The van der Waals surface area contributed by atoms with Gasteiger partial charge in [0.15, 0.2) is 0 Å². The van der Waals surface area contributed by atoms with Gasteiger partial charge in [-0.3, -0.25) is 9.59 Å². The molecule has 0 fully saturated rings. The van der Waals surface area contributed by atoms with Gasteiger partial charge >= 0.3 is 0 Å². The third kappa shape index (κ3) is 3.85. The highest BCUT2D eigenvalue weighted by atomic mass is 79.9. The van der Waals surface area contributed by atoms with Crippen LogP contribution in [0.25, 0.3) is 0 Å². The van der Waals surface area contributed by atoms with Crippen molar-refractivity contribution in [1.82, 2.24) is 0 Å². The third-order valence-electron chi connectivity index (χ3n) is 4.89. The number of rotatable bonds is 4. The van der Waals surface area contributed by atoms with Gasteiger partial charge < -0.3 is 10.6 Å². The van der Waals surface area contributed by atoms with Crippen LogP contribution in [0.4, 0.5) is 11.4 Å². The molecule has 1 aliphatic rings. The molecule has 0 radical (unpaired) electrons. The first-order valence-corrected chi connectivity index (χ1v) is 9.99. The number of fused-ring (bicyclic) bond motifs is 1. The summed E-state index contributed by atoms with van der Waals surface area (Å²) in [6.07, 6.45) is 3.32. The van der Waals surface area contributed by atoms with Gasteiger partial charge in [-0.05, 0) is 82.7 Å². The van der Waals surface area contributed by atoms with Crippen molar-refractivity contribution in [2.45, 2.75) is 19.3 Å². The first kappa shape index (κ1) is 18.4. The molecular formula is C23H19BrN2O2. The van der Waals surface area contributed by atoms with E-state index in [4.69, 9.17) is 0 Å². The molecule has 4 rings (SSSR count). The third-order valence-corrected chi connectivity index (χ3v) is 5.59. The number of benzene rings is 3. The standard InChI is InChI=1S/C23H19BrN2O2/c24-20-10-3-1-8-18(20)22(27)26-21-11-4-2-9-19(21)23(28)25-17-13-12-15-6-5-7-16(15)14-17/h1-4,8-14H,5-7H2,(H,25,28)(H,26,27). The smallest absolute Gasteiger partial charge is 0.257 e. The second kappa shape index (κ2) is 7.98. The van der Waals surface area contributed by atoms with Crippen molar-refractivity contribution < 1.29 is 9.59 Å². The molecule has 3 aromatic carbocycles. The van der Waals surface area contributed by atoms with Crippen LogP contribution in [0.2, 0.25) is 0 Å². The van der Waals surface area contributed by atoms with Crippen LogP contribution in [-0.2, 0) is 12.8 Å². The number of hydrogen-bond acceptors (Lipinski definition) is 2. The predicted octanol–water partition coefficient (Wildman–Crippen LogP) is 5.44. The van der Waals surface area contributed by atoms with Gasteiger partial charge in [0.1, 0.15) is 0 Å². The lowest BCUT2D eigenvalue weighted by atomic mass is 10.1. The summed E-state index contributed by atoms with van der Waals surface area (Å²) in [6, 6.07) is 20.3. The first-order valence-electron chi connectivity index (χ1n) is 9.20. The van der Waals surface area contributed by atoms with Crippen LogP contribution in [0.5, 0.6) is 0 Å². The number of nitrogens with one attached hydrogen (secondary N) is 2. The van der Waals surface area contributed by atoms with E-state index < -0.39 is 0 Å². The van der Waals surface area contributed by atoms with E-state index >= 15 is 0 Å². The van der Waals surface area contributed by atoms with E-state index in [9.17, 15) is 9.59 Å². The average Bonchev–Trinajstić information content (AvgIpc) is 3.16. The zero-order valence-electron chi connectivity index (χ0n) is 15.2. The van der Waals surface area contributed by atoms with Gasteiger partial charge in [-0.25, -0.2) is 0 Å². The summed E-state index contributed by atoms with van der Waals surface area (Å²) in [5.74, 6) is -0.522. The highest BCUT2D eigenvalue weighted by Gasteiger charge is 2.17. The molecule has 5 heteroatoms. The molecule has 28 heavy (non-hydrogen) atoms. The molecule has 140 valence electrons. The van der Waals surface area contributed by atoms with Gasteiger partial charge in [0, 0.05) is 10.2 Å². The average molecular weight is 435 g/mol. The maximum Gasteiger partial charge on any atom is 0.257 e. The van der Waals surface area contributed by atoms with Crippen molar-refractivity contribution >= 4 is 39.1 Å². The SMILES string of the molecule is O=C(Nc1ccccc1C(=O)Nc1ccc2c(c1)CCC2)c1ccccc1Br. The summed E-state index contributed by atoms with van der Waals surface area (Å²) < 4.78 is 0.701. The second-order valence-corrected chi connectivity index (χ2v) is 7.63. The Hall–Kier alpha value is -2.92. The number of carbonyl (C=O) groups excluding carboxylic acids is 2. The number of hydrogen-bond donors (Lipinski definition) is 2. The van der Waals surface area contributed by atoms with Crippen LogP contribution in [0.1, 0.15) is 38.3 Å². The molecule has 0 atom stereocenters. The lowest BCUT2D eigenvalue weighted by Gasteiger charge is -2.13. The zero-order valence-corrected chi connectivity index (χ0v) is 16.8. The molecule has 0 spiro atoms. The molecular weight excluding hydrogens is 416 g/mol. The van der Waals surface area contributed by atoms with E-state index in [0.717, 1.165) is 24.9 Å². The maximum absolute atomic E-state index is 12.8. The molecule has 1 aliphatic carbocycles. The van der Waals surface area contributed by atoms with Gasteiger partial charge in [-0.1, -0.05) is 30.3 Å². The van der Waals surface area contributed by atoms with Crippen molar-refractivity contribution in [3.63, 3.8) is 0 Å². The largest absolute Gasteiger partial charge is 0.322 e. The Kier molecular flexibility index (Phi) is 5.26. The lowest BCUT2D eigenvalue weighted by Crippen LogP contribution is -2.18.